The summed E-state index contributed by atoms with van der Waals surface area (Å²) in [6, 6.07) is 5.11. The van der Waals surface area contributed by atoms with Gasteiger partial charge in [0, 0.05) is 30.7 Å². The minimum absolute atomic E-state index is 0.00603. The van der Waals surface area contributed by atoms with Crippen LogP contribution in [0, 0.1) is 17.8 Å². The second-order valence-electron chi connectivity index (χ2n) is 22.4. The number of fused-ring (bicyclic) bond motifs is 5. The number of carbonyl (C=O) groups is 10. The van der Waals surface area contributed by atoms with Crippen LogP contribution < -0.4 is 54.0 Å². The summed E-state index contributed by atoms with van der Waals surface area (Å²) in [6.07, 6.45) is 2.61. The molecule has 10 amide bonds. The van der Waals surface area contributed by atoms with Gasteiger partial charge in [0.1, 0.15) is 60.4 Å². The van der Waals surface area contributed by atoms with Crippen molar-refractivity contribution in [1.29, 1.82) is 0 Å². The van der Waals surface area contributed by atoms with E-state index in [2.05, 4.69) is 42.5 Å². The van der Waals surface area contributed by atoms with E-state index in [-0.39, 0.29) is 62.8 Å². The number of hydrogen-bond acceptors (Lipinski definition) is 13. The normalized spacial score (nSPS) is 21.7. The molecule has 2 aromatic rings. The molecule has 22 nitrogen and oxygen atoms in total. The molecule has 0 saturated carbocycles. The van der Waals surface area contributed by atoms with Crippen LogP contribution in [-0.4, -0.2) is 148 Å². The molecule has 0 radical (unpaired) electrons. The van der Waals surface area contributed by atoms with Crippen molar-refractivity contribution >= 4 is 75.9 Å². The number of benzene rings is 2. The number of primary amides is 1. The number of unbranched alkanes of at least 4 members (excludes halogenated alkanes) is 1. The van der Waals surface area contributed by atoms with Crippen molar-refractivity contribution < 1.29 is 47.9 Å². The number of rotatable bonds is 23. The first-order valence-corrected chi connectivity index (χ1v) is 29.0. The van der Waals surface area contributed by atoms with Crippen LogP contribution in [0.3, 0.4) is 0 Å². The van der Waals surface area contributed by atoms with Gasteiger partial charge in [0.25, 0.3) is 0 Å². The summed E-state index contributed by atoms with van der Waals surface area (Å²) >= 11 is 1.36. The van der Waals surface area contributed by atoms with Gasteiger partial charge in [-0.2, -0.15) is 0 Å². The third kappa shape index (κ3) is 19.2. The lowest BCUT2D eigenvalue weighted by molar-refractivity contribution is -0.142. The molecule has 3 heterocycles. The van der Waals surface area contributed by atoms with E-state index in [4.69, 9.17) is 16.5 Å². The number of thioether (sulfide) groups is 1. The first-order chi connectivity index (χ1) is 37.9. The van der Waals surface area contributed by atoms with Crippen LogP contribution in [-0.2, 0) is 60.8 Å². The number of nitrogens with two attached hydrogens (primary N) is 2. The molecule has 80 heavy (non-hydrogen) atoms. The number of carbonyl (C=O) groups excluding carboxylic acids is 10. The van der Waals surface area contributed by atoms with Crippen LogP contribution in [0.2, 0.25) is 0 Å². The maximum absolute atomic E-state index is 14.6. The van der Waals surface area contributed by atoms with Crippen LogP contribution in [0.1, 0.15) is 123 Å². The van der Waals surface area contributed by atoms with Crippen molar-refractivity contribution in [2.75, 3.05) is 18.8 Å². The van der Waals surface area contributed by atoms with Gasteiger partial charge < -0.3 is 58.9 Å². The average molecular weight is 1130 g/mol. The Hall–Kier alpha value is -6.88. The van der Waals surface area contributed by atoms with Gasteiger partial charge in [0.05, 0.1) is 5.04 Å². The Morgan fingerprint density at radius 3 is 1.95 bits per heavy atom. The van der Waals surface area contributed by atoms with E-state index in [1.807, 2.05) is 47.6 Å². The summed E-state index contributed by atoms with van der Waals surface area (Å²) in [5, 5.41) is 22.8. The summed E-state index contributed by atoms with van der Waals surface area (Å²) in [5.41, 5.74) is 13.2. The van der Waals surface area contributed by atoms with Crippen molar-refractivity contribution in [3.63, 3.8) is 0 Å². The molecule has 2 aromatic carbocycles. The second kappa shape index (κ2) is 30.6. The quantitative estimate of drug-likeness (QED) is 0.0698. The molecule has 12 N–H and O–H groups in total. The third-order valence-electron chi connectivity index (χ3n) is 14.1. The first-order valence-electron chi connectivity index (χ1n) is 28.0. The fraction of sp³-hybridized carbons (Fsp3) is 0.596. The van der Waals surface area contributed by atoms with Gasteiger partial charge in [0.2, 0.25) is 59.1 Å². The SMILES string of the molecule is CC(C)C[C@@H]1NC(=O)[C@@H]2CSC(=N2)c2cccc(c2)C[C@@H](C(=O)N[C@@H](C)C(=O)N[C@@H](CC(C)C)C(=O)N[C@@H](Cc2ccccc2)C(=O)N[C@@H](CC(C)C)C(=O)N[C@@H](C)C(N)=O)NC(=O)[C@@H]2CCCN2C(=O)[C@H](CCCCN)NC1=O. The summed E-state index contributed by atoms with van der Waals surface area (Å²) in [7, 11) is 0. The molecular formula is C57H84N12O10S. The Labute approximate surface area is 473 Å². The van der Waals surface area contributed by atoms with E-state index >= 15 is 0 Å². The molecule has 0 aromatic heterocycles. The predicted octanol–water partition coefficient (Wildman–Crippen LogP) is 1.01. The van der Waals surface area contributed by atoms with Crippen LogP contribution in [0.25, 0.3) is 0 Å². The molecule has 438 valence electrons. The fourth-order valence-electron chi connectivity index (χ4n) is 9.78. The molecule has 1 saturated heterocycles. The van der Waals surface area contributed by atoms with E-state index in [9.17, 15) is 47.9 Å². The second-order valence-corrected chi connectivity index (χ2v) is 23.5. The lowest BCUT2D eigenvalue weighted by Gasteiger charge is -2.31. The minimum atomic E-state index is -1.30. The van der Waals surface area contributed by atoms with Crippen molar-refractivity contribution in [3.05, 3.63) is 71.3 Å². The van der Waals surface area contributed by atoms with Crippen molar-refractivity contribution in [3.8, 4) is 0 Å². The monoisotopic (exact) mass is 1130 g/mol. The molecule has 10 atom stereocenters. The molecule has 3 aliphatic heterocycles. The Kier molecular flexibility index (Phi) is 24.5. The molecule has 23 heteroatoms. The maximum atomic E-state index is 14.6. The van der Waals surface area contributed by atoms with Gasteiger partial charge >= 0.3 is 0 Å². The highest BCUT2D eigenvalue weighted by Gasteiger charge is 2.41. The van der Waals surface area contributed by atoms with Gasteiger partial charge in [-0.25, -0.2) is 0 Å². The third-order valence-corrected chi connectivity index (χ3v) is 15.2. The van der Waals surface area contributed by atoms with Gasteiger partial charge in [0.15, 0.2) is 0 Å². The molecule has 1 fully saturated rings. The Bertz CT molecular complexity index is 2560. The number of hydrogen-bond donors (Lipinski definition) is 10. The van der Waals surface area contributed by atoms with Crippen molar-refractivity contribution in [1.82, 2.24) is 47.4 Å². The smallest absolute Gasteiger partial charge is 0.246 e. The topological polar surface area (TPSA) is 335 Å². The molecule has 0 spiro atoms. The highest BCUT2D eigenvalue weighted by atomic mass is 32.2. The van der Waals surface area contributed by atoms with Gasteiger partial charge in [-0.05, 0) is 107 Å². The van der Waals surface area contributed by atoms with Crippen LogP contribution in [0.5, 0.6) is 0 Å². The van der Waals surface area contributed by atoms with E-state index in [0.717, 1.165) is 0 Å². The van der Waals surface area contributed by atoms with E-state index in [1.54, 1.807) is 48.5 Å². The number of amides is 10. The molecule has 4 bridgehead atoms. The zero-order valence-corrected chi connectivity index (χ0v) is 48.3. The molecule has 0 aliphatic carbocycles. The van der Waals surface area contributed by atoms with Crippen LogP contribution in [0.15, 0.2) is 59.6 Å². The predicted molar refractivity (Wildman–Crippen MR) is 305 cm³/mol. The number of nitrogens with zero attached hydrogens (tertiary/aromatic N) is 2. The highest BCUT2D eigenvalue weighted by Crippen LogP contribution is 2.26. The number of aliphatic imine (C=N–C) groups is 1. The zero-order valence-electron chi connectivity index (χ0n) is 47.4. The zero-order chi connectivity index (χ0) is 58.8. The Balaban J connectivity index is 1.40. The van der Waals surface area contributed by atoms with Crippen molar-refractivity contribution in [2.45, 2.75) is 180 Å². The molecule has 0 unspecified atom stereocenters. The van der Waals surface area contributed by atoms with Gasteiger partial charge in [-0.1, -0.05) is 90.1 Å². The van der Waals surface area contributed by atoms with Crippen molar-refractivity contribution in [2.24, 2.45) is 34.2 Å². The Morgan fingerprint density at radius 1 is 0.688 bits per heavy atom. The van der Waals surface area contributed by atoms with Crippen LogP contribution >= 0.6 is 11.8 Å². The standard InChI is InChI=1S/C57H84N12O10S/c1-31(2)24-40(49(72)60-34(7)47(59)70)64-53(76)43(28-36-16-10-9-11-17-36)66-52(75)41(25-32(3)4)63-48(71)35(8)61-50(73)44-29-37-18-14-19-38(27-37)56-68-45(30-80-56)54(77)65-42(26-33(5)6)51(74)62-39(20-12-13-22-58)57(79)69-23-15-21-46(69)55(78)67-44/h9-11,14,16-19,27,31-35,39-46H,12-13,15,20-26,28-30,58H2,1-8H3,(H2,59,70)(H,60,72)(H,61,73)(H,62,74)(H,63,71)(H,64,76)(H,65,77)(H,66,75)(H,67,78)/t34-,35-,39-,40-,41-,42-,43-,44-,45-,46-/m0/s1. The van der Waals surface area contributed by atoms with Crippen LogP contribution in [0.4, 0.5) is 0 Å². The average Bonchev–Trinajstić information content (AvgIpc) is 4.12. The number of nitrogens with one attached hydrogen (secondary N) is 8. The molecular weight excluding hydrogens is 1040 g/mol. The fourth-order valence-corrected chi connectivity index (χ4v) is 10.8. The highest BCUT2D eigenvalue weighted by molar-refractivity contribution is 8.14. The minimum Gasteiger partial charge on any atom is -0.368 e. The lowest BCUT2D eigenvalue weighted by Crippen LogP contribution is -2.60. The first kappa shape index (κ1) is 63.9. The molecule has 3 aliphatic rings. The summed E-state index contributed by atoms with van der Waals surface area (Å²) in [6.45, 7) is 14.7. The largest absolute Gasteiger partial charge is 0.368 e. The van der Waals surface area contributed by atoms with Gasteiger partial charge in [-0.15, -0.1) is 11.8 Å². The summed E-state index contributed by atoms with van der Waals surface area (Å²) in [4.78, 5) is 145. The summed E-state index contributed by atoms with van der Waals surface area (Å²) in [5.74, 6) is -6.23. The summed E-state index contributed by atoms with van der Waals surface area (Å²) < 4.78 is 0. The van der Waals surface area contributed by atoms with E-state index in [0.29, 0.717) is 59.7 Å². The maximum Gasteiger partial charge on any atom is 0.246 e. The van der Waals surface area contributed by atoms with E-state index in [1.165, 1.54) is 30.5 Å². The lowest BCUT2D eigenvalue weighted by atomic mass is 9.99. The van der Waals surface area contributed by atoms with E-state index < -0.39 is 119 Å². The molecule has 5 rings (SSSR count). The van der Waals surface area contributed by atoms with Gasteiger partial charge in [-0.3, -0.25) is 52.9 Å². The Morgan fingerprint density at radius 2 is 1.31 bits per heavy atom.